The van der Waals surface area contributed by atoms with Crippen molar-refractivity contribution in [1.82, 2.24) is 25.5 Å². The molecule has 0 spiro atoms. The fourth-order valence-corrected chi connectivity index (χ4v) is 1.27. The first-order chi connectivity index (χ1) is 6.47. The number of tetrazole rings is 1. The second-order valence-electron chi connectivity index (χ2n) is 3.63. The van der Waals surface area contributed by atoms with Crippen LogP contribution in [-0.2, 0) is 11.3 Å². The summed E-state index contributed by atoms with van der Waals surface area (Å²) in [7, 11) is 1.61. The molecule has 0 bridgehead atoms. The number of aromatic amines is 1. The molecule has 6 nitrogen and oxygen atoms in total. The third kappa shape index (κ3) is 2.16. The Balaban J connectivity index is 2.83. The van der Waals surface area contributed by atoms with Crippen molar-refractivity contribution >= 4 is 18.1 Å². The van der Waals surface area contributed by atoms with E-state index in [1.807, 2.05) is 13.8 Å². The minimum Gasteiger partial charge on any atom is -0.359 e. The predicted molar refractivity (Wildman–Crippen MR) is 53.1 cm³/mol. The Bertz CT molecular complexity index is 379. The molecular weight excluding hydrogens is 202 g/mol. The third-order valence-corrected chi connectivity index (χ3v) is 2.23. The van der Waals surface area contributed by atoms with Gasteiger partial charge in [0.05, 0.1) is 12.0 Å². The van der Waals surface area contributed by atoms with Gasteiger partial charge in [-0.05, 0) is 26.1 Å². The van der Waals surface area contributed by atoms with E-state index in [0.717, 1.165) is 0 Å². The Hall–Kier alpha value is -1.24. The number of amides is 1. The summed E-state index contributed by atoms with van der Waals surface area (Å²) in [6, 6.07) is 0. The molecule has 1 rings (SSSR count). The fourth-order valence-electron chi connectivity index (χ4n) is 1.12. The number of nitrogens with one attached hydrogen (secondary N) is 2. The average Bonchev–Trinajstić information content (AvgIpc) is 2.50. The number of carbonyl (C=O) groups is 1. The van der Waals surface area contributed by atoms with Gasteiger partial charge in [0.2, 0.25) is 10.7 Å². The van der Waals surface area contributed by atoms with Gasteiger partial charge in [-0.3, -0.25) is 4.79 Å². The van der Waals surface area contributed by atoms with Crippen molar-refractivity contribution in [2.75, 3.05) is 7.05 Å². The van der Waals surface area contributed by atoms with Crippen LogP contribution in [0.3, 0.4) is 0 Å². The zero-order valence-electron chi connectivity index (χ0n) is 8.37. The first kappa shape index (κ1) is 10.8. The quantitative estimate of drug-likeness (QED) is 0.702. The zero-order chi connectivity index (χ0) is 10.8. The van der Waals surface area contributed by atoms with E-state index in [1.54, 1.807) is 11.7 Å². The lowest BCUT2D eigenvalue weighted by Gasteiger charge is -2.21. The molecule has 0 atom stereocenters. The van der Waals surface area contributed by atoms with Crippen LogP contribution in [0.15, 0.2) is 0 Å². The first-order valence-corrected chi connectivity index (χ1v) is 4.58. The molecule has 1 aromatic rings. The van der Waals surface area contributed by atoms with Crippen molar-refractivity contribution in [2.24, 2.45) is 5.41 Å². The minimum atomic E-state index is -0.540. The maximum atomic E-state index is 11.5. The third-order valence-electron chi connectivity index (χ3n) is 1.93. The minimum absolute atomic E-state index is 0.0472. The van der Waals surface area contributed by atoms with Gasteiger partial charge in [0, 0.05) is 7.05 Å². The van der Waals surface area contributed by atoms with E-state index >= 15 is 0 Å². The smallest absolute Gasteiger partial charge is 0.238 e. The Morgan fingerprint density at radius 3 is 2.79 bits per heavy atom. The SMILES string of the molecule is CNC(=O)C(C)(C)Cn1[nH]nnc1=S. The number of carbonyl (C=O) groups excluding carboxylic acids is 1. The predicted octanol–water partition coefficient (Wildman–Crippen LogP) is 0.108. The molecule has 0 saturated heterocycles. The van der Waals surface area contributed by atoms with Gasteiger partial charge in [-0.25, -0.2) is 4.68 Å². The summed E-state index contributed by atoms with van der Waals surface area (Å²) in [6.07, 6.45) is 0. The molecule has 0 radical (unpaired) electrons. The lowest BCUT2D eigenvalue weighted by atomic mass is 9.92. The van der Waals surface area contributed by atoms with E-state index in [4.69, 9.17) is 12.2 Å². The van der Waals surface area contributed by atoms with Gasteiger partial charge in [-0.15, -0.1) is 0 Å². The molecule has 0 saturated carbocycles. The molecule has 1 amide bonds. The maximum absolute atomic E-state index is 11.5. The molecule has 14 heavy (non-hydrogen) atoms. The Morgan fingerprint density at radius 1 is 1.71 bits per heavy atom. The highest BCUT2D eigenvalue weighted by molar-refractivity contribution is 7.71. The van der Waals surface area contributed by atoms with Crippen molar-refractivity contribution in [2.45, 2.75) is 20.4 Å². The molecule has 0 aliphatic heterocycles. The second kappa shape index (κ2) is 3.87. The summed E-state index contributed by atoms with van der Waals surface area (Å²) in [5, 5.41) is 12.4. The average molecular weight is 215 g/mol. The second-order valence-corrected chi connectivity index (χ2v) is 4.00. The van der Waals surface area contributed by atoms with Crippen LogP contribution in [0.5, 0.6) is 0 Å². The highest BCUT2D eigenvalue weighted by atomic mass is 32.1. The lowest BCUT2D eigenvalue weighted by Crippen LogP contribution is -2.38. The van der Waals surface area contributed by atoms with Gasteiger partial charge in [0.25, 0.3) is 0 Å². The highest BCUT2D eigenvalue weighted by Gasteiger charge is 2.27. The molecule has 1 aromatic heterocycles. The van der Waals surface area contributed by atoms with Gasteiger partial charge in [-0.2, -0.15) is 5.21 Å². The highest BCUT2D eigenvalue weighted by Crippen LogP contribution is 2.17. The Morgan fingerprint density at radius 2 is 2.36 bits per heavy atom. The molecule has 0 aliphatic rings. The van der Waals surface area contributed by atoms with Crippen LogP contribution in [-0.4, -0.2) is 33.2 Å². The number of hydrogen-bond acceptors (Lipinski definition) is 4. The molecule has 0 unspecified atom stereocenters. The van der Waals surface area contributed by atoms with E-state index < -0.39 is 5.41 Å². The van der Waals surface area contributed by atoms with Crippen LogP contribution < -0.4 is 5.32 Å². The molecule has 2 N–H and O–H groups in total. The van der Waals surface area contributed by atoms with E-state index in [0.29, 0.717) is 11.3 Å². The van der Waals surface area contributed by atoms with Crippen molar-refractivity contribution in [1.29, 1.82) is 0 Å². The first-order valence-electron chi connectivity index (χ1n) is 4.17. The maximum Gasteiger partial charge on any atom is 0.238 e. The summed E-state index contributed by atoms with van der Waals surface area (Å²) in [4.78, 5) is 11.5. The van der Waals surface area contributed by atoms with Gasteiger partial charge in [0.15, 0.2) is 0 Å². The topological polar surface area (TPSA) is 75.6 Å². The fraction of sp³-hybridized carbons (Fsp3) is 0.714. The number of rotatable bonds is 3. The van der Waals surface area contributed by atoms with E-state index in [1.165, 1.54) is 0 Å². The zero-order valence-corrected chi connectivity index (χ0v) is 9.18. The number of hydrogen-bond donors (Lipinski definition) is 2. The number of nitrogens with zero attached hydrogens (tertiary/aromatic N) is 3. The molecule has 0 aromatic carbocycles. The lowest BCUT2D eigenvalue weighted by molar-refractivity contribution is -0.129. The van der Waals surface area contributed by atoms with Crippen molar-refractivity contribution < 1.29 is 4.79 Å². The Kier molecular flexibility index (Phi) is 3.00. The molecule has 1 heterocycles. The van der Waals surface area contributed by atoms with E-state index in [-0.39, 0.29) is 5.91 Å². The molecule has 7 heteroatoms. The normalized spacial score (nSPS) is 11.4. The van der Waals surface area contributed by atoms with E-state index in [2.05, 4.69) is 20.8 Å². The van der Waals surface area contributed by atoms with Crippen LogP contribution in [0.2, 0.25) is 0 Å². The summed E-state index contributed by atoms with van der Waals surface area (Å²) in [6.45, 7) is 4.08. The molecule has 0 fully saturated rings. The molecule has 0 aliphatic carbocycles. The number of H-pyrrole nitrogens is 1. The van der Waals surface area contributed by atoms with Crippen molar-refractivity contribution in [3.8, 4) is 0 Å². The van der Waals surface area contributed by atoms with Crippen molar-refractivity contribution in [3.63, 3.8) is 0 Å². The standard InChI is InChI=1S/C7H13N5OS/c1-7(2,5(13)8-3)4-12-6(14)9-10-11-12/h4H2,1-3H3,(H,8,13)(H,9,11,14). The van der Waals surface area contributed by atoms with Gasteiger partial charge < -0.3 is 5.32 Å². The van der Waals surface area contributed by atoms with Crippen LogP contribution in [0.4, 0.5) is 0 Å². The number of aromatic nitrogens is 4. The van der Waals surface area contributed by atoms with E-state index in [9.17, 15) is 4.79 Å². The van der Waals surface area contributed by atoms with Crippen LogP contribution in [0, 0.1) is 10.2 Å². The van der Waals surface area contributed by atoms with Crippen LogP contribution in [0.25, 0.3) is 0 Å². The van der Waals surface area contributed by atoms with Crippen LogP contribution >= 0.6 is 12.2 Å². The largest absolute Gasteiger partial charge is 0.359 e. The van der Waals surface area contributed by atoms with Gasteiger partial charge in [-0.1, -0.05) is 10.3 Å². The monoisotopic (exact) mass is 215 g/mol. The Labute approximate surface area is 86.7 Å². The summed E-state index contributed by atoms with van der Waals surface area (Å²) in [5.41, 5.74) is -0.540. The molecular formula is C7H13N5OS. The van der Waals surface area contributed by atoms with Gasteiger partial charge >= 0.3 is 0 Å². The van der Waals surface area contributed by atoms with Gasteiger partial charge in [0.1, 0.15) is 0 Å². The summed E-state index contributed by atoms with van der Waals surface area (Å²) >= 11 is 4.90. The summed E-state index contributed by atoms with van der Waals surface area (Å²) < 4.78 is 1.91. The molecule has 78 valence electrons. The van der Waals surface area contributed by atoms with Crippen LogP contribution in [0.1, 0.15) is 13.8 Å². The summed E-state index contributed by atoms with van der Waals surface area (Å²) in [5.74, 6) is -0.0472. The van der Waals surface area contributed by atoms with Crippen molar-refractivity contribution in [3.05, 3.63) is 4.77 Å².